The second kappa shape index (κ2) is 7.92. The zero-order chi connectivity index (χ0) is 19.7. The molecule has 0 radical (unpaired) electrons. The van der Waals surface area contributed by atoms with Crippen LogP contribution in [0, 0.1) is 11.7 Å². The zero-order valence-electron chi connectivity index (χ0n) is 15.5. The first-order valence-electron chi connectivity index (χ1n) is 9.66. The number of likely N-dealkylation sites (tertiary alicyclic amines) is 1. The van der Waals surface area contributed by atoms with Crippen molar-refractivity contribution in [2.24, 2.45) is 5.92 Å². The SMILES string of the molecule is O=C(Nc1cc(F)cc(C(=O)N2CCCC(c3ccc(Cl)cc3)C2)c1)C1CC1. The lowest BCUT2D eigenvalue weighted by atomic mass is 9.90. The molecule has 4 nitrogen and oxygen atoms in total. The summed E-state index contributed by atoms with van der Waals surface area (Å²) < 4.78 is 14.1. The van der Waals surface area contributed by atoms with Gasteiger partial charge in [0, 0.05) is 41.2 Å². The molecule has 4 rings (SSSR count). The lowest BCUT2D eigenvalue weighted by molar-refractivity contribution is -0.117. The highest BCUT2D eigenvalue weighted by atomic mass is 35.5. The predicted octanol–water partition coefficient (Wildman–Crippen LogP) is 4.85. The topological polar surface area (TPSA) is 49.4 Å². The first-order valence-corrected chi connectivity index (χ1v) is 10.0. The maximum Gasteiger partial charge on any atom is 0.254 e. The number of carbonyl (C=O) groups is 2. The highest BCUT2D eigenvalue weighted by molar-refractivity contribution is 6.30. The Morgan fingerprint density at radius 3 is 2.54 bits per heavy atom. The van der Waals surface area contributed by atoms with Crippen LogP contribution in [0.3, 0.4) is 0 Å². The van der Waals surface area contributed by atoms with Gasteiger partial charge in [0.2, 0.25) is 5.91 Å². The molecule has 2 aromatic rings. The monoisotopic (exact) mass is 400 g/mol. The fourth-order valence-electron chi connectivity index (χ4n) is 3.73. The van der Waals surface area contributed by atoms with Crippen LogP contribution in [0.25, 0.3) is 0 Å². The van der Waals surface area contributed by atoms with E-state index in [9.17, 15) is 14.0 Å². The van der Waals surface area contributed by atoms with Gasteiger partial charge in [-0.3, -0.25) is 9.59 Å². The van der Waals surface area contributed by atoms with Crippen LogP contribution in [0.5, 0.6) is 0 Å². The van der Waals surface area contributed by atoms with Crippen LogP contribution in [-0.2, 0) is 4.79 Å². The van der Waals surface area contributed by atoms with E-state index in [2.05, 4.69) is 5.32 Å². The molecule has 1 heterocycles. The minimum atomic E-state index is -0.525. The van der Waals surface area contributed by atoms with E-state index in [-0.39, 0.29) is 29.2 Å². The predicted molar refractivity (Wildman–Crippen MR) is 107 cm³/mol. The fraction of sp³-hybridized carbons (Fsp3) is 0.364. The maximum atomic E-state index is 14.1. The van der Waals surface area contributed by atoms with Gasteiger partial charge in [-0.05, 0) is 61.6 Å². The molecule has 2 aromatic carbocycles. The second-order valence-corrected chi connectivity index (χ2v) is 8.07. The molecule has 1 saturated carbocycles. The van der Waals surface area contributed by atoms with Gasteiger partial charge >= 0.3 is 0 Å². The van der Waals surface area contributed by atoms with Crippen LogP contribution in [0.15, 0.2) is 42.5 Å². The van der Waals surface area contributed by atoms with E-state index in [1.807, 2.05) is 24.3 Å². The normalized spacial score (nSPS) is 19.4. The number of amides is 2. The Morgan fingerprint density at radius 2 is 1.82 bits per heavy atom. The Hall–Kier alpha value is -2.40. The van der Waals surface area contributed by atoms with E-state index >= 15 is 0 Å². The van der Waals surface area contributed by atoms with Crippen molar-refractivity contribution < 1.29 is 14.0 Å². The summed E-state index contributed by atoms with van der Waals surface area (Å²) in [7, 11) is 0. The number of anilines is 1. The number of nitrogens with zero attached hydrogens (tertiary/aromatic N) is 1. The Balaban J connectivity index is 1.49. The average molecular weight is 401 g/mol. The molecule has 146 valence electrons. The number of piperidine rings is 1. The molecule has 0 aromatic heterocycles. The van der Waals surface area contributed by atoms with Crippen molar-refractivity contribution in [2.75, 3.05) is 18.4 Å². The van der Waals surface area contributed by atoms with E-state index < -0.39 is 5.82 Å². The van der Waals surface area contributed by atoms with Crippen molar-refractivity contribution in [3.05, 3.63) is 64.4 Å². The van der Waals surface area contributed by atoms with Crippen molar-refractivity contribution in [1.82, 2.24) is 4.90 Å². The fourth-order valence-corrected chi connectivity index (χ4v) is 3.85. The van der Waals surface area contributed by atoms with E-state index in [1.54, 1.807) is 11.0 Å². The van der Waals surface area contributed by atoms with Crippen LogP contribution in [-0.4, -0.2) is 29.8 Å². The van der Waals surface area contributed by atoms with Gasteiger partial charge in [-0.1, -0.05) is 23.7 Å². The third kappa shape index (κ3) is 4.36. The van der Waals surface area contributed by atoms with Gasteiger partial charge in [-0.2, -0.15) is 0 Å². The summed E-state index contributed by atoms with van der Waals surface area (Å²) in [5.74, 6) is -0.588. The van der Waals surface area contributed by atoms with Crippen LogP contribution in [0.1, 0.15) is 47.5 Å². The second-order valence-electron chi connectivity index (χ2n) is 7.63. The van der Waals surface area contributed by atoms with Crippen molar-refractivity contribution in [3.63, 3.8) is 0 Å². The number of hydrogen-bond acceptors (Lipinski definition) is 2. The van der Waals surface area contributed by atoms with Crippen molar-refractivity contribution in [1.29, 1.82) is 0 Å². The van der Waals surface area contributed by atoms with Gasteiger partial charge in [0.15, 0.2) is 0 Å². The molecule has 0 bridgehead atoms. The van der Waals surface area contributed by atoms with Gasteiger partial charge in [-0.15, -0.1) is 0 Å². The molecule has 0 spiro atoms. The van der Waals surface area contributed by atoms with Crippen LogP contribution < -0.4 is 5.32 Å². The molecule has 28 heavy (non-hydrogen) atoms. The smallest absolute Gasteiger partial charge is 0.254 e. The van der Waals surface area contributed by atoms with Gasteiger partial charge in [0.05, 0.1) is 0 Å². The molecule has 2 fully saturated rings. The van der Waals surface area contributed by atoms with E-state index in [0.717, 1.165) is 31.2 Å². The quantitative estimate of drug-likeness (QED) is 0.797. The van der Waals surface area contributed by atoms with Crippen LogP contribution in [0.4, 0.5) is 10.1 Å². The summed E-state index contributed by atoms with van der Waals surface area (Å²) in [6.07, 6.45) is 3.62. The molecule has 6 heteroatoms. The first kappa shape index (κ1) is 18.9. The van der Waals surface area contributed by atoms with E-state index in [1.165, 1.54) is 12.1 Å². The average Bonchev–Trinajstić information content (AvgIpc) is 3.53. The number of rotatable bonds is 4. The molecule has 1 saturated heterocycles. The number of benzene rings is 2. The third-order valence-electron chi connectivity index (χ3n) is 5.41. The Morgan fingerprint density at radius 1 is 1.07 bits per heavy atom. The zero-order valence-corrected chi connectivity index (χ0v) is 16.2. The Bertz CT molecular complexity index is 896. The molecule has 1 aliphatic carbocycles. The van der Waals surface area contributed by atoms with Gasteiger partial charge in [-0.25, -0.2) is 4.39 Å². The summed E-state index contributed by atoms with van der Waals surface area (Å²) in [5.41, 5.74) is 1.76. The number of nitrogens with one attached hydrogen (secondary N) is 1. The molecule has 2 aliphatic rings. The maximum absolute atomic E-state index is 14.1. The summed E-state index contributed by atoms with van der Waals surface area (Å²) in [6, 6.07) is 11.8. The van der Waals surface area contributed by atoms with Gasteiger partial charge < -0.3 is 10.2 Å². The van der Waals surface area contributed by atoms with Crippen LogP contribution in [0.2, 0.25) is 5.02 Å². The lowest BCUT2D eigenvalue weighted by Crippen LogP contribution is -2.39. The molecule has 2 amide bonds. The first-order chi connectivity index (χ1) is 13.5. The minimum absolute atomic E-state index is 0.0182. The molecule has 1 aliphatic heterocycles. The summed E-state index contributed by atoms with van der Waals surface area (Å²) in [5, 5.41) is 3.41. The molecule has 1 N–H and O–H groups in total. The van der Waals surface area contributed by atoms with Crippen LogP contribution >= 0.6 is 11.6 Å². The molecular formula is C22H22ClFN2O2. The number of halogens is 2. The minimum Gasteiger partial charge on any atom is -0.338 e. The summed E-state index contributed by atoms with van der Waals surface area (Å²) in [6.45, 7) is 1.23. The molecule has 1 unspecified atom stereocenters. The van der Waals surface area contributed by atoms with Crippen molar-refractivity contribution in [2.45, 2.75) is 31.6 Å². The standard InChI is InChI=1S/C22H22ClFN2O2/c23-18-7-5-14(6-8-18)16-2-1-9-26(13-16)22(28)17-10-19(24)12-20(11-17)25-21(27)15-3-4-15/h5-8,10-12,15-16H,1-4,9,13H2,(H,25,27). The van der Waals surface area contributed by atoms with Gasteiger partial charge in [0.1, 0.15) is 5.82 Å². The highest BCUT2D eigenvalue weighted by Crippen LogP contribution is 2.31. The number of hydrogen-bond donors (Lipinski definition) is 1. The summed E-state index contributed by atoms with van der Waals surface area (Å²) in [4.78, 5) is 26.7. The van der Waals surface area contributed by atoms with Gasteiger partial charge in [0.25, 0.3) is 5.91 Å². The third-order valence-corrected chi connectivity index (χ3v) is 5.66. The van der Waals surface area contributed by atoms with E-state index in [4.69, 9.17) is 11.6 Å². The molecule has 1 atom stereocenters. The largest absolute Gasteiger partial charge is 0.338 e. The lowest BCUT2D eigenvalue weighted by Gasteiger charge is -2.33. The Kier molecular flexibility index (Phi) is 5.36. The summed E-state index contributed by atoms with van der Waals surface area (Å²) >= 11 is 5.97. The number of carbonyl (C=O) groups excluding carboxylic acids is 2. The van der Waals surface area contributed by atoms with E-state index in [0.29, 0.717) is 23.8 Å². The highest BCUT2D eigenvalue weighted by Gasteiger charge is 2.30. The van der Waals surface area contributed by atoms with Crippen molar-refractivity contribution >= 4 is 29.1 Å². The van der Waals surface area contributed by atoms with Crippen molar-refractivity contribution in [3.8, 4) is 0 Å². The Labute approximate surface area is 168 Å². The molecular weight excluding hydrogens is 379 g/mol.